The normalized spacial score (nSPS) is 12.4. The predicted octanol–water partition coefficient (Wildman–Crippen LogP) is 2.48. The summed E-state index contributed by atoms with van der Waals surface area (Å²) in [4.78, 5) is 22.4. The molecule has 1 N–H and O–H groups in total. The summed E-state index contributed by atoms with van der Waals surface area (Å²) in [7, 11) is 3.84. The number of halogens is 1. The Kier molecular flexibility index (Phi) is 5.82. The number of likely N-dealkylation sites (N-methyl/N-ethyl adjacent to an activating group) is 1. The van der Waals surface area contributed by atoms with Crippen LogP contribution < -0.4 is 5.32 Å². The van der Waals surface area contributed by atoms with Crippen molar-refractivity contribution >= 4 is 29.3 Å². The molecule has 0 aromatic carbocycles. The van der Waals surface area contributed by atoms with Crippen LogP contribution in [0.4, 0.5) is 0 Å². The topological polar surface area (TPSA) is 71.3 Å². The first-order chi connectivity index (χ1) is 10.5. The van der Waals surface area contributed by atoms with Crippen LogP contribution in [0.1, 0.15) is 22.3 Å². The highest BCUT2D eigenvalue weighted by atomic mass is 35.5. The lowest BCUT2D eigenvalue weighted by molar-refractivity contribution is 0.0933. The van der Waals surface area contributed by atoms with Crippen LogP contribution in [-0.2, 0) is 0 Å². The number of nitrogens with one attached hydrogen (secondary N) is 1. The summed E-state index contributed by atoms with van der Waals surface area (Å²) in [5, 5.41) is 3.57. The molecule has 0 saturated heterocycles. The maximum atomic E-state index is 12.3. The fourth-order valence-electron chi connectivity index (χ4n) is 1.90. The van der Waals surface area contributed by atoms with Gasteiger partial charge in [0.15, 0.2) is 10.9 Å². The van der Waals surface area contributed by atoms with Gasteiger partial charge in [-0.3, -0.25) is 9.69 Å². The van der Waals surface area contributed by atoms with E-state index in [4.69, 9.17) is 16.0 Å². The van der Waals surface area contributed by atoms with Crippen LogP contribution in [-0.4, -0.2) is 47.7 Å². The largest absolute Gasteiger partial charge is 0.468 e. The molecular weight excluding hydrogens is 324 g/mol. The van der Waals surface area contributed by atoms with Crippen LogP contribution in [0.5, 0.6) is 0 Å². The minimum absolute atomic E-state index is 0.0698. The molecule has 22 heavy (non-hydrogen) atoms. The second kappa shape index (κ2) is 7.62. The van der Waals surface area contributed by atoms with Crippen LogP contribution in [0.15, 0.2) is 34.2 Å². The first-order valence-electron chi connectivity index (χ1n) is 6.57. The Bertz CT molecular complexity index is 634. The summed E-state index contributed by atoms with van der Waals surface area (Å²) >= 11 is 7.35. The standard InChI is InChI=1S/C14H17ClN4O2S/c1-19(2)10(11-5-4-6-21-11)8-16-13(20)12-9(15)7-17-14(18-12)22-3/h4-7,10H,8H2,1-3H3,(H,16,20)/t10-/m0/s1. The van der Waals surface area contributed by atoms with Gasteiger partial charge in [0.05, 0.1) is 23.5 Å². The molecule has 0 radical (unpaired) electrons. The van der Waals surface area contributed by atoms with Crippen LogP contribution in [0.2, 0.25) is 5.02 Å². The number of hydrogen-bond donors (Lipinski definition) is 1. The third kappa shape index (κ3) is 4.00. The van der Waals surface area contributed by atoms with Crippen LogP contribution >= 0.6 is 23.4 Å². The van der Waals surface area contributed by atoms with Crippen molar-refractivity contribution in [2.45, 2.75) is 11.2 Å². The van der Waals surface area contributed by atoms with Crippen molar-refractivity contribution in [1.82, 2.24) is 20.2 Å². The first-order valence-corrected chi connectivity index (χ1v) is 8.17. The second-order valence-electron chi connectivity index (χ2n) is 4.76. The Labute approximate surface area is 138 Å². The van der Waals surface area contributed by atoms with E-state index in [0.717, 1.165) is 5.76 Å². The number of furan rings is 1. The number of aromatic nitrogens is 2. The Hall–Kier alpha value is -1.57. The lowest BCUT2D eigenvalue weighted by Crippen LogP contribution is -2.35. The number of carbonyl (C=O) groups is 1. The van der Waals surface area contributed by atoms with E-state index in [9.17, 15) is 4.79 Å². The van der Waals surface area contributed by atoms with E-state index >= 15 is 0 Å². The summed E-state index contributed by atoms with van der Waals surface area (Å²) in [6.45, 7) is 0.383. The van der Waals surface area contributed by atoms with Crippen LogP contribution in [0, 0.1) is 0 Å². The van der Waals surface area contributed by atoms with Gasteiger partial charge in [-0.25, -0.2) is 9.97 Å². The number of rotatable bonds is 6. The second-order valence-corrected chi connectivity index (χ2v) is 5.94. The fraction of sp³-hybridized carbons (Fsp3) is 0.357. The fourth-order valence-corrected chi connectivity index (χ4v) is 2.42. The third-order valence-electron chi connectivity index (χ3n) is 3.07. The average Bonchev–Trinajstić information content (AvgIpc) is 3.01. The summed E-state index contributed by atoms with van der Waals surface area (Å²) in [5.74, 6) is 0.449. The van der Waals surface area contributed by atoms with E-state index in [1.165, 1.54) is 18.0 Å². The van der Waals surface area contributed by atoms with E-state index in [1.807, 2.05) is 37.4 Å². The van der Waals surface area contributed by atoms with Crippen molar-refractivity contribution in [3.05, 3.63) is 41.1 Å². The highest BCUT2D eigenvalue weighted by Gasteiger charge is 2.20. The zero-order valence-corrected chi connectivity index (χ0v) is 14.1. The molecule has 2 heterocycles. The van der Waals surface area contributed by atoms with Crippen molar-refractivity contribution in [2.75, 3.05) is 26.9 Å². The van der Waals surface area contributed by atoms with Gasteiger partial charge in [-0.05, 0) is 32.5 Å². The summed E-state index contributed by atoms with van der Waals surface area (Å²) < 4.78 is 5.41. The molecule has 118 valence electrons. The maximum Gasteiger partial charge on any atom is 0.271 e. The van der Waals surface area contributed by atoms with E-state index in [2.05, 4.69) is 15.3 Å². The zero-order chi connectivity index (χ0) is 16.1. The van der Waals surface area contributed by atoms with E-state index < -0.39 is 0 Å². The van der Waals surface area contributed by atoms with Crippen molar-refractivity contribution in [2.24, 2.45) is 0 Å². The van der Waals surface area contributed by atoms with Gasteiger partial charge in [0.2, 0.25) is 0 Å². The lowest BCUT2D eigenvalue weighted by atomic mass is 10.2. The zero-order valence-electron chi connectivity index (χ0n) is 12.5. The van der Waals surface area contributed by atoms with Gasteiger partial charge in [0, 0.05) is 6.54 Å². The molecule has 1 amide bonds. The molecule has 2 aromatic rings. The number of hydrogen-bond acceptors (Lipinski definition) is 6. The SMILES string of the molecule is CSc1ncc(Cl)c(C(=O)NC[C@@H](c2ccco2)N(C)C)n1. The third-order valence-corrected chi connectivity index (χ3v) is 3.91. The number of nitrogens with zero attached hydrogens (tertiary/aromatic N) is 3. The van der Waals surface area contributed by atoms with Gasteiger partial charge in [0.25, 0.3) is 5.91 Å². The van der Waals surface area contributed by atoms with Gasteiger partial charge >= 0.3 is 0 Å². The van der Waals surface area contributed by atoms with E-state index in [-0.39, 0.29) is 22.7 Å². The molecule has 0 unspecified atom stereocenters. The molecule has 6 nitrogen and oxygen atoms in total. The van der Waals surface area contributed by atoms with Crippen molar-refractivity contribution < 1.29 is 9.21 Å². The Morgan fingerprint density at radius 3 is 2.91 bits per heavy atom. The molecule has 2 aromatic heterocycles. The minimum atomic E-state index is -0.332. The van der Waals surface area contributed by atoms with Gasteiger partial charge in [-0.15, -0.1) is 0 Å². The molecule has 8 heteroatoms. The minimum Gasteiger partial charge on any atom is -0.468 e. The van der Waals surface area contributed by atoms with Gasteiger partial charge < -0.3 is 9.73 Å². The monoisotopic (exact) mass is 340 g/mol. The van der Waals surface area contributed by atoms with Crippen molar-refractivity contribution in [1.29, 1.82) is 0 Å². The highest BCUT2D eigenvalue weighted by Crippen LogP contribution is 2.19. The Morgan fingerprint density at radius 1 is 1.55 bits per heavy atom. The predicted molar refractivity (Wildman–Crippen MR) is 86.3 cm³/mol. The van der Waals surface area contributed by atoms with Gasteiger partial charge in [-0.1, -0.05) is 23.4 Å². The van der Waals surface area contributed by atoms with E-state index in [0.29, 0.717) is 11.7 Å². The molecule has 0 saturated carbocycles. The average molecular weight is 341 g/mol. The molecule has 0 aliphatic rings. The van der Waals surface area contributed by atoms with Gasteiger partial charge in [0.1, 0.15) is 5.76 Å². The number of amides is 1. The van der Waals surface area contributed by atoms with Crippen LogP contribution in [0.3, 0.4) is 0 Å². The van der Waals surface area contributed by atoms with E-state index in [1.54, 1.807) is 6.26 Å². The maximum absolute atomic E-state index is 12.3. The molecule has 0 bridgehead atoms. The van der Waals surface area contributed by atoms with Crippen molar-refractivity contribution in [3.63, 3.8) is 0 Å². The molecule has 0 fully saturated rings. The Morgan fingerprint density at radius 2 is 2.32 bits per heavy atom. The summed E-state index contributed by atoms with van der Waals surface area (Å²) in [5.41, 5.74) is 0.179. The Balaban J connectivity index is 2.08. The lowest BCUT2D eigenvalue weighted by Gasteiger charge is -2.22. The smallest absolute Gasteiger partial charge is 0.271 e. The first kappa shape index (κ1) is 16.8. The van der Waals surface area contributed by atoms with Crippen molar-refractivity contribution in [3.8, 4) is 0 Å². The molecule has 1 atom stereocenters. The summed E-state index contributed by atoms with van der Waals surface area (Å²) in [6, 6.07) is 3.62. The highest BCUT2D eigenvalue weighted by molar-refractivity contribution is 7.98. The quantitative estimate of drug-likeness (QED) is 0.643. The van der Waals surface area contributed by atoms with Crippen LogP contribution in [0.25, 0.3) is 0 Å². The summed E-state index contributed by atoms with van der Waals surface area (Å²) in [6.07, 6.45) is 4.88. The molecule has 0 aliphatic heterocycles. The number of carbonyl (C=O) groups excluding carboxylic acids is 1. The number of thioether (sulfide) groups is 1. The molecule has 2 rings (SSSR count). The molecular formula is C14H17ClN4O2S. The molecule has 0 aliphatic carbocycles. The molecule has 0 spiro atoms. The van der Waals surface area contributed by atoms with Gasteiger partial charge in [-0.2, -0.15) is 0 Å².